The van der Waals surface area contributed by atoms with E-state index in [1.54, 1.807) is 0 Å². The fourth-order valence-corrected chi connectivity index (χ4v) is 1.28. The van der Waals surface area contributed by atoms with E-state index in [-0.39, 0.29) is 0 Å². The molecular weight excluding hydrogens is 194 g/mol. The number of rotatable bonds is 2. The van der Waals surface area contributed by atoms with E-state index in [0.717, 1.165) is 22.1 Å². The molecule has 0 aromatic heterocycles. The highest BCUT2D eigenvalue weighted by Crippen LogP contribution is 2.12. The van der Waals surface area contributed by atoms with Crippen molar-refractivity contribution in [3.05, 3.63) is 35.0 Å². The number of hydrogen-bond acceptors (Lipinski definition) is 1. The standard InChI is InChI=1S/C7H8BrNO/c8-5-6-3-1-2-4-7(6)9-10/h1-4H,5,9H2. The summed E-state index contributed by atoms with van der Waals surface area (Å²) in [5, 5.41) is 11.1. The number of hydrogen-bond donors (Lipinski definition) is 1. The summed E-state index contributed by atoms with van der Waals surface area (Å²) in [5.41, 5.74) is 2.67. The maximum absolute atomic E-state index is 10.4. The van der Waals surface area contributed by atoms with Crippen molar-refractivity contribution < 1.29 is 5.48 Å². The molecule has 0 aliphatic heterocycles. The van der Waals surface area contributed by atoms with Gasteiger partial charge in [0.2, 0.25) is 0 Å². The van der Waals surface area contributed by atoms with E-state index in [0.29, 0.717) is 0 Å². The predicted molar refractivity (Wildman–Crippen MR) is 44.0 cm³/mol. The Morgan fingerprint density at radius 3 is 2.60 bits per heavy atom. The molecule has 2 nitrogen and oxygen atoms in total. The quantitative estimate of drug-likeness (QED) is 0.438. The Kier molecular flexibility index (Phi) is 2.86. The molecular formula is C7H8BrNO. The Morgan fingerprint density at radius 1 is 1.40 bits per heavy atom. The summed E-state index contributed by atoms with van der Waals surface area (Å²) in [4.78, 5) is 0. The Labute approximate surface area is 68.0 Å². The molecule has 0 fully saturated rings. The van der Waals surface area contributed by atoms with Gasteiger partial charge in [-0.1, -0.05) is 34.1 Å². The van der Waals surface area contributed by atoms with Crippen molar-refractivity contribution >= 4 is 21.6 Å². The van der Waals surface area contributed by atoms with Gasteiger partial charge in [-0.3, -0.25) is 0 Å². The molecule has 0 aliphatic carbocycles. The minimum atomic E-state index is 0.738. The number of alkyl halides is 1. The number of quaternary nitrogens is 1. The van der Waals surface area contributed by atoms with E-state index >= 15 is 0 Å². The first-order valence-corrected chi connectivity index (χ1v) is 4.09. The average molecular weight is 202 g/mol. The summed E-state index contributed by atoms with van der Waals surface area (Å²) in [7, 11) is 0. The molecule has 0 unspecified atom stereocenters. The molecule has 1 rings (SSSR count). The maximum Gasteiger partial charge on any atom is 0.133 e. The first-order valence-electron chi connectivity index (χ1n) is 2.97. The summed E-state index contributed by atoms with van der Waals surface area (Å²) in [5.74, 6) is 0. The number of nitrogens with two attached hydrogens (primary N) is 1. The molecule has 0 bridgehead atoms. The molecule has 0 heterocycles. The smallest absolute Gasteiger partial charge is 0.133 e. The van der Waals surface area contributed by atoms with E-state index in [1.165, 1.54) is 0 Å². The fraction of sp³-hybridized carbons (Fsp3) is 0.143. The highest BCUT2D eigenvalue weighted by Gasteiger charge is 1.97. The molecule has 0 saturated heterocycles. The van der Waals surface area contributed by atoms with Crippen molar-refractivity contribution in [1.82, 2.24) is 0 Å². The Morgan fingerprint density at radius 2 is 2.10 bits per heavy atom. The van der Waals surface area contributed by atoms with Gasteiger partial charge in [0.05, 0.1) is 0 Å². The lowest BCUT2D eigenvalue weighted by molar-refractivity contribution is -0.497. The van der Waals surface area contributed by atoms with Crippen LogP contribution in [0.15, 0.2) is 24.3 Å². The first kappa shape index (κ1) is 7.72. The maximum atomic E-state index is 10.4. The Bertz CT molecular complexity index is 192. The highest BCUT2D eigenvalue weighted by molar-refractivity contribution is 9.08. The zero-order chi connectivity index (χ0) is 7.40. The van der Waals surface area contributed by atoms with Crippen LogP contribution in [0.3, 0.4) is 0 Å². The van der Waals surface area contributed by atoms with Crippen LogP contribution in [0.25, 0.3) is 0 Å². The fourth-order valence-electron chi connectivity index (χ4n) is 0.771. The third-order valence-corrected chi connectivity index (χ3v) is 1.93. The third-order valence-electron chi connectivity index (χ3n) is 1.33. The molecule has 0 radical (unpaired) electrons. The second-order valence-electron chi connectivity index (χ2n) is 1.95. The van der Waals surface area contributed by atoms with Crippen LogP contribution in [-0.2, 0) is 5.33 Å². The van der Waals surface area contributed by atoms with Gasteiger partial charge in [-0.2, -0.15) is 0 Å². The van der Waals surface area contributed by atoms with Crippen LogP contribution in [0.5, 0.6) is 0 Å². The number of benzene rings is 1. The largest absolute Gasteiger partial charge is 0.630 e. The van der Waals surface area contributed by atoms with Crippen molar-refractivity contribution in [2.75, 3.05) is 0 Å². The molecule has 1 aromatic rings. The molecule has 2 N–H and O–H groups in total. The first-order chi connectivity index (χ1) is 4.88. The van der Waals surface area contributed by atoms with Crippen LogP contribution in [0.2, 0.25) is 0 Å². The highest BCUT2D eigenvalue weighted by atomic mass is 79.9. The van der Waals surface area contributed by atoms with E-state index in [9.17, 15) is 5.21 Å². The summed E-state index contributed by atoms with van der Waals surface area (Å²) in [6.07, 6.45) is 0. The van der Waals surface area contributed by atoms with E-state index in [1.807, 2.05) is 24.3 Å². The van der Waals surface area contributed by atoms with Gasteiger partial charge in [-0.05, 0) is 6.07 Å². The van der Waals surface area contributed by atoms with Crippen LogP contribution in [0.4, 0.5) is 5.69 Å². The van der Waals surface area contributed by atoms with Crippen molar-refractivity contribution in [1.29, 1.82) is 0 Å². The van der Waals surface area contributed by atoms with Gasteiger partial charge in [0.25, 0.3) is 0 Å². The molecule has 0 amide bonds. The van der Waals surface area contributed by atoms with Crippen molar-refractivity contribution in [3.8, 4) is 0 Å². The second-order valence-corrected chi connectivity index (χ2v) is 2.51. The summed E-state index contributed by atoms with van der Waals surface area (Å²) < 4.78 is 0. The lowest BCUT2D eigenvalue weighted by Crippen LogP contribution is -2.70. The minimum Gasteiger partial charge on any atom is -0.630 e. The van der Waals surface area contributed by atoms with Crippen molar-refractivity contribution in [3.63, 3.8) is 0 Å². The molecule has 0 aliphatic rings. The van der Waals surface area contributed by atoms with Crippen LogP contribution in [-0.4, -0.2) is 0 Å². The zero-order valence-corrected chi connectivity index (χ0v) is 6.97. The van der Waals surface area contributed by atoms with Gasteiger partial charge in [-0.25, -0.2) is 0 Å². The van der Waals surface area contributed by atoms with Crippen LogP contribution in [0.1, 0.15) is 5.56 Å². The minimum absolute atomic E-state index is 0.738. The Hall–Kier alpha value is -0.380. The summed E-state index contributed by atoms with van der Waals surface area (Å²) in [6, 6.07) is 7.52. The van der Waals surface area contributed by atoms with Gasteiger partial charge in [-0.15, -0.1) is 0 Å². The van der Waals surface area contributed by atoms with Crippen molar-refractivity contribution in [2.24, 2.45) is 0 Å². The zero-order valence-electron chi connectivity index (χ0n) is 5.38. The monoisotopic (exact) mass is 201 g/mol. The van der Waals surface area contributed by atoms with Gasteiger partial charge < -0.3 is 10.7 Å². The van der Waals surface area contributed by atoms with E-state index in [4.69, 9.17) is 0 Å². The van der Waals surface area contributed by atoms with Gasteiger partial charge in [0.1, 0.15) is 5.69 Å². The van der Waals surface area contributed by atoms with Crippen LogP contribution in [0, 0.1) is 5.21 Å². The van der Waals surface area contributed by atoms with Gasteiger partial charge in [0.15, 0.2) is 0 Å². The summed E-state index contributed by atoms with van der Waals surface area (Å²) >= 11 is 3.29. The molecule has 54 valence electrons. The molecule has 0 atom stereocenters. The second kappa shape index (κ2) is 3.71. The lowest BCUT2D eigenvalue weighted by atomic mass is 10.2. The molecule has 0 saturated carbocycles. The average Bonchev–Trinajstić information content (AvgIpc) is 2.04. The molecule has 0 spiro atoms. The topological polar surface area (TPSA) is 39.7 Å². The Balaban J connectivity index is 2.96. The summed E-state index contributed by atoms with van der Waals surface area (Å²) in [6.45, 7) is 0. The predicted octanol–water partition coefficient (Wildman–Crippen LogP) is 1.27. The lowest BCUT2D eigenvalue weighted by Gasteiger charge is -2.04. The number of halogens is 1. The van der Waals surface area contributed by atoms with Gasteiger partial charge >= 0.3 is 0 Å². The molecule has 1 aromatic carbocycles. The van der Waals surface area contributed by atoms with Gasteiger partial charge in [0, 0.05) is 10.9 Å². The van der Waals surface area contributed by atoms with E-state index < -0.39 is 0 Å². The van der Waals surface area contributed by atoms with Crippen molar-refractivity contribution in [2.45, 2.75) is 5.33 Å². The van der Waals surface area contributed by atoms with Crippen LogP contribution < -0.4 is 5.48 Å². The SMILES string of the molecule is [O-][NH2+]c1ccccc1CBr. The van der Waals surface area contributed by atoms with Crippen LogP contribution >= 0.6 is 15.9 Å². The van der Waals surface area contributed by atoms with E-state index in [2.05, 4.69) is 15.9 Å². The molecule has 10 heavy (non-hydrogen) atoms. The third kappa shape index (κ3) is 1.56. The molecule has 3 heteroatoms. The normalized spacial score (nSPS) is 9.80.